The van der Waals surface area contributed by atoms with Gasteiger partial charge in [-0.1, -0.05) is 20.8 Å². The Bertz CT molecular complexity index is 422. The number of aldehydes is 1. The van der Waals surface area contributed by atoms with E-state index in [-0.39, 0.29) is 11.2 Å². The van der Waals surface area contributed by atoms with E-state index in [0.717, 1.165) is 6.29 Å². The Kier molecular flexibility index (Phi) is 4.09. The summed E-state index contributed by atoms with van der Waals surface area (Å²) in [5.41, 5.74) is 0.530. The van der Waals surface area contributed by atoms with Crippen molar-refractivity contribution in [3.63, 3.8) is 0 Å². The molecule has 0 aliphatic rings. The summed E-state index contributed by atoms with van der Waals surface area (Å²) in [5, 5.41) is 0. The molecule has 0 amide bonds. The maximum absolute atomic E-state index is 13.9. The molecule has 1 rings (SSSR count). The van der Waals surface area contributed by atoms with E-state index in [1.165, 1.54) is 12.1 Å². The molecule has 0 radical (unpaired) electrons. The van der Waals surface area contributed by atoms with Crippen molar-refractivity contribution >= 4 is 15.3 Å². The van der Waals surface area contributed by atoms with Gasteiger partial charge in [-0.05, 0) is 30.6 Å². The van der Waals surface area contributed by atoms with Crippen molar-refractivity contribution in [2.75, 3.05) is 0 Å². The zero-order valence-corrected chi connectivity index (χ0v) is 12.2. The predicted octanol–water partition coefficient (Wildman–Crippen LogP) is 3.30. The van der Waals surface area contributed by atoms with E-state index in [1.807, 2.05) is 33.9 Å². The Morgan fingerprint density at radius 1 is 1.29 bits per heavy atom. The van der Waals surface area contributed by atoms with Gasteiger partial charge in [0, 0.05) is 5.56 Å². The second kappa shape index (κ2) is 5.00. The van der Waals surface area contributed by atoms with E-state index in [0.29, 0.717) is 16.9 Å². The molecule has 0 atom stereocenters. The van der Waals surface area contributed by atoms with Crippen LogP contribution in [0.25, 0.3) is 0 Å². The van der Waals surface area contributed by atoms with Crippen molar-refractivity contribution in [1.29, 1.82) is 0 Å². The van der Waals surface area contributed by atoms with Crippen LogP contribution in [0.4, 0.5) is 4.39 Å². The lowest BCUT2D eigenvalue weighted by molar-refractivity contribution is 0.112. The third kappa shape index (κ3) is 3.16. The van der Waals surface area contributed by atoms with Crippen LogP contribution in [0.1, 0.15) is 36.7 Å². The van der Waals surface area contributed by atoms with Gasteiger partial charge in [0.1, 0.15) is 11.6 Å². The number of halogens is 1. The van der Waals surface area contributed by atoms with Gasteiger partial charge in [0.2, 0.25) is 9.04 Å². The highest BCUT2D eigenvalue weighted by atomic mass is 28.3. The molecule has 0 saturated heterocycles. The Hall–Kier alpha value is -1.16. The molecular weight excluding hydrogens is 235 g/mol. The van der Waals surface area contributed by atoms with Gasteiger partial charge in [0.15, 0.2) is 6.29 Å². The first-order chi connectivity index (χ1) is 7.77. The first-order valence-electron chi connectivity index (χ1n) is 5.72. The molecular formula is C13H19FO2Si. The molecule has 0 aliphatic heterocycles. The Morgan fingerprint density at radius 2 is 1.88 bits per heavy atom. The van der Waals surface area contributed by atoms with Gasteiger partial charge in [-0.25, -0.2) is 4.39 Å². The van der Waals surface area contributed by atoms with Crippen molar-refractivity contribution in [3.05, 3.63) is 29.1 Å². The molecule has 0 aliphatic carbocycles. The van der Waals surface area contributed by atoms with Crippen LogP contribution in [-0.4, -0.2) is 15.3 Å². The maximum Gasteiger partial charge on any atom is 0.229 e. The van der Waals surface area contributed by atoms with Crippen LogP contribution in [-0.2, 0) is 5.41 Å². The number of rotatable bonds is 3. The fraction of sp³-hybridized carbons (Fsp3) is 0.462. The molecule has 94 valence electrons. The summed E-state index contributed by atoms with van der Waals surface area (Å²) in [6, 6.07) is 2.81. The minimum absolute atomic E-state index is 0.312. The molecule has 0 spiro atoms. The molecule has 1 aromatic rings. The highest BCUT2D eigenvalue weighted by Gasteiger charge is 2.26. The van der Waals surface area contributed by atoms with E-state index in [2.05, 4.69) is 0 Å². The van der Waals surface area contributed by atoms with Gasteiger partial charge in [-0.3, -0.25) is 4.79 Å². The second-order valence-corrected chi connectivity index (χ2v) is 7.71. The standard InChI is InChI=1S/C13H19FO2Si/c1-13(2,3)11-10(14)7-6-9(8-15)12(11)16-17(4)5/h6-8,17H,1-5H3. The first-order valence-corrected chi connectivity index (χ1v) is 8.50. The number of carbonyl (C=O) groups is 1. The normalized spacial score (nSPS) is 11.7. The molecule has 17 heavy (non-hydrogen) atoms. The lowest BCUT2D eigenvalue weighted by Crippen LogP contribution is -2.21. The number of hydrogen-bond donors (Lipinski definition) is 0. The third-order valence-electron chi connectivity index (χ3n) is 2.37. The van der Waals surface area contributed by atoms with E-state index in [4.69, 9.17) is 4.43 Å². The highest BCUT2D eigenvalue weighted by molar-refractivity contribution is 6.49. The van der Waals surface area contributed by atoms with Crippen molar-refractivity contribution in [2.45, 2.75) is 39.3 Å². The molecule has 2 nitrogen and oxygen atoms in total. The number of hydrogen-bond acceptors (Lipinski definition) is 2. The summed E-state index contributed by atoms with van der Waals surface area (Å²) in [4.78, 5) is 11.0. The monoisotopic (exact) mass is 254 g/mol. The smallest absolute Gasteiger partial charge is 0.229 e. The molecule has 0 N–H and O–H groups in total. The van der Waals surface area contributed by atoms with Crippen LogP contribution in [0.15, 0.2) is 12.1 Å². The lowest BCUT2D eigenvalue weighted by atomic mass is 9.85. The molecule has 0 aromatic heterocycles. The first kappa shape index (κ1) is 13.9. The number of carbonyl (C=O) groups excluding carboxylic acids is 1. The predicted molar refractivity (Wildman–Crippen MR) is 70.0 cm³/mol. The van der Waals surface area contributed by atoms with Gasteiger partial charge in [-0.15, -0.1) is 0 Å². The van der Waals surface area contributed by atoms with Crippen LogP contribution >= 0.6 is 0 Å². The van der Waals surface area contributed by atoms with E-state index >= 15 is 0 Å². The Morgan fingerprint density at radius 3 is 2.29 bits per heavy atom. The molecule has 0 bridgehead atoms. The zero-order chi connectivity index (χ0) is 13.2. The van der Waals surface area contributed by atoms with Gasteiger partial charge in [0.05, 0.1) is 5.56 Å². The average molecular weight is 254 g/mol. The number of benzene rings is 1. The van der Waals surface area contributed by atoms with Crippen molar-refractivity contribution in [2.24, 2.45) is 0 Å². The zero-order valence-electron chi connectivity index (χ0n) is 11.0. The Labute approximate surface area is 104 Å². The van der Waals surface area contributed by atoms with Crippen LogP contribution in [0.5, 0.6) is 5.75 Å². The molecule has 1 aromatic carbocycles. The highest BCUT2D eigenvalue weighted by Crippen LogP contribution is 2.36. The van der Waals surface area contributed by atoms with Gasteiger partial charge >= 0.3 is 0 Å². The fourth-order valence-corrected chi connectivity index (χ4v) is 2.45. The van der Waals surface area contributed by atoms with Crippen molar-refractivity contribution < 1.29 is 13.6 Å². The maximum atomic E-state index is 13.9. The van der Waals surface area contributed by atoms with E-state index in [1.54, 1.807) is 0 Å². The SMILES string of the molecule is C[SiH](C)Oc1c(C=O)ccc(F)c1C(C)(C)C. The second-order valence-electron chi connectivity index (χ2n) is 5.38. The van der Waals surface area contributed by atoms with Crippen LogP contribution in [0.2, 0.25) is 13.1 Å². The summed E-state index contributed by atoms with van der Waals surface area (Å²) in [5.74, 6) is 0.113. The summed E-state index contributed by atoms with van der Waals surface area (Å²) < 4.78 is 19.7. The van der Waals surface area contributed by atoms with Crippen LogP contribution < -0.4 is 4.43 Å². The third-order valence-corrected chi connectivity index (χ3v) is 3.07. The summed E-state index contributed by atoms with van der Waals surface area (Å²) in [6.07, 6.45) is 0.723. The fourth-order valence-electron chi connectivity index (χ4n) is 1.73. The van der Waals surface area contributed by atoms with Gasteiger partial charge in [0.25, 0.3) is 0 Å². The minimum atomic E-state index is -1.39. The largest absolute Gasteiger partial charge is 0.546 e. The minimum Gasteiger partial charge on any atom is -0.546 e. The summed E-state index contributed by atoms with van der Waals surface area (Å²) in [6.45, 7) is 9.72. The van der Waals surface area contributed by atoms with Crippen molar-refractivity contribution in [3.8, 4) is 5.75 Å². The van der Waals surface area contributed by atoms with Crippen LogP contribution in [0, 0.1) is 5.82 Å². The Balaban J connectivity index is 3.48. The summed E-state index contributed by atoms with van der Waals surface area (Å²) >= 11 is 0. The molecule has 0 unspecified atom stereocenters. The van der Waals surface area contributed by atoms with Crippen molar-refractivity contribution in [1.82, 2.24) is 0 Å². The van der Waals surface area contributed by atoms with E-state index in [9.17, 15) is 9.18 Å². The molecule has 0 saturated carbocycles. The summed E-state index contributed by atoms with van der Waals surface area (Å²) in [7, 11) is -1.39. The van der Waals surface area contributed by atoms with E-state index < -0.39 is 9.04 Å². The molecule has 0 heterocycles. The van der Waals surface area contributed by atoms with Gasteiger partial charge in [-0.2, -0.15) is 0 Å². The lowest BCUT2D eigenvalue weighted by Gasteiger charge is -2.25. The average Bonchev–Trinajstić information content (AvgIpc) is 2.15. The molecule has 4 heteroatoms. The van der Waals surface area contributed by atoms with Crippen LogP contribution in [0.3, 0.4) is 0 Å². The molecule has 0 fully saturated rings. The quantitative estimate of drug-likeness (QED) is 0.611. The topological polar surface area (TPSA) is 26.3 Å². The van der Waals surface area contributed by atoms with Gasteiger partial charge < -0.3 is 4.43 Å².